The zero-order chi connectivity index (χ0) is 23.5. The van der Waals surface area contributed by atoms with E-state index in [4.69, 9.17) is 4.74 Å². The molecule has 2 N–H and O–H groups in total. The van der Waals surface area contributed by atoms with Crippen LogP contribution in [0.4, 0.5) is 0 Å². The van der Waals surface area contributed by atoms with Crippen LogP contribution in [0, 0.1) is 6.92 Å². The molecule has 1 aliphatic heterocycles. The second-order valence-electron chi connectivity index (χ2n) is 9.26. The number of rotatable bonds is 8. The Bertz CT molecular complexity index is 1140. The summed E-state index contributed by atoms with van der Waals surface area (Å²) in [6, 6.07) is 14.4. The first-order valence-corrected chi connectivity index (χ1v) is 12.8. The number of benzene rings is 2. The first-order valence-electron chi connectivity index (χ1n) is 12.0. The van der Waals surface area contributed by atoms with Gasteiger partial charge in [0.2, 0.25) is 5.91 Å². The van der Waals surface area contributed by atoms with Gasteiger partial charge < -0.3 is 15.2 Å². The highest BCUT2D eigenvalue weighted by molar-refractivity contribution is 7.18. The molecule has 1 saturated heterocycles. The minimum atomic E-state index is -0.565. The Morgan fingerprint density at radius 1 is 1.21 bits per heavy atom. The fourth-order valence-electron chi connectivity index (χ4n) is 4.94. The molecular weight excluding hydrogens is 448 g/mol. The van der Waals surface area contributed by atoms with E-state index in [1.165, 1.54) is 11.1 Å². The predicted octanol–water partition coefficient (Wildman–Crippen LogP) is 2.77. The summed E-state index contributed by atoms with van der Waals surface area (Å²) in [7, 11) is 0. The average molecular weight is 481 g/mol. The lowest BCUT2D eigenvalue weighted by molar-refractivity contribution is -0.123. The molecule has 1 fully saturated rings. The van der Waals surface area contributed by atoms with Crippen molar-refractivity contribution in [3.63, 3.8) is 0 Å². The van der Waals surface area contributed by atoms with Crippen molar-refractivity contribution in [2.45, 2.75) is 31.9 Å². The van der Waals surface area contributed by atoms with Gasteiger partial charge in [-0.2, -0.15) is 0 Å². The standard InChI is InChI=1S/C26H32N4O3S/c1-18-27-24-14-21(7-9-25(24)34-18)33-17-20(31)15-29-10-12-30(13-11-29)16-26(32)28-23-8-6-19-4-2-3-5-22(19)23/h2-5,7,9,14,20,23,31H,6,8,10-13,15-17H2,1H3,(H,28,32)/t20-,23?/m1/s1. The number of aryl methyl sites for hydroxylation is 2. The smallest absolute Gasteiger partial charge is 0.234 e. The summed E-state index contributed by atoms with van der Waals surface area (Å²) in [5, 5.41) is 14.7. The van der Waals surface area contributed by atoms with Crippen molar-refractivity contribution >= 4 is 27.5 Å². The lowest BCUT2D eigenvalue weighted by atomic mass is 10.1. The molecule has 2 atom stereocenters. The molecular formula is C26H32N4O3S. The highest BCUT2D eigenvalue weighted by atomic mass is 32.1. The van der Waals surface area contributed by atoms with E-state index in [0.29, 0.717) is 13.1 Å². The Balaban J connectivity index is 1.02. The second-order valence-corrected chi connectivity index (χ2v) is 10.5. The minimum absolute atomic E-state index is 0.0934. The summed E-state index contributed by atoms with van der Waals surface area (Å²) in [6.45, 7) is 6.55. The first kappa shape index (κ1) is 23.2. The number of thiazole rings is 1. The SMILES string of the molecule is Cc1nc2cc(OC[C@H](O)CN3CCN(CC(=O)NC4CCc5ccccc54)CC3)ccc2s1. The van der Waals surface area contributed by atoms with E-state index in [1.807, 2.05) is 31.2 Å². The number of carbonyl (C=O) groups is 1. The van der Waals surface area contributed by atoms with Gasteiger partial charge in [0.05, 0.1) is 27.8 Å². The van der Waals surface area contributed by atoms with Gasteiger partial charge in [-0.1, -0.05) is 24.3 Å². The van der Waals surface area contributed by atoms with Crippen molar-refractivity contribution in [2.24, 2.45) is 0 Å². The van der Waals surface area contributed by atoms with Crippen LogP contribution in [0.15, 0.2) is 42.5 Å². The van der Waals surface area contributed by atoms with Crippen molar-refractivity contribution in [3.8, 4) is 5.75 Å². The second kappa shape index (κ2) is 10.4. The fourth-order valence-corrected chi connectivity index (χ4v) is 5.74. The molecule has 1 aliphatic carbocycles. The third-order valence-electron chi connectivity index (χ3n) is 6.68. The van der Waals surface area contributed by atoms with Crippen LogP contribution >= 0.6 is 11.3 Å². The molecule has 0 spiro atoms. The largest absolute Gasteiger partial charge is 0.491 e. The molecule has 2 aromatic carbocycles. The highest BCUT2D eigenvalue weighted by Crippen LogP contribution is 2.30. The van der Waals surface area contributed by atoms with Crippen LogP contribution in [-0.2, 0) is 11.2 Å². The van der Waals surface area contributed by atoms with Crippen molar-refractivity contribution in [1.82, 2.24) is 20.1 Å². The molecule has 2 heterocycles. The summed E-state index contributed by atoms with van der Waals surface area (Å²) >= 11 is 1.67. The third-order valence-corrected chi connectivity index (χ3v) is 7.63. The van der Waals surface area contributed by atoms with Gasteiger partial charge in [-0.3, -0.25) is 14.6 Å². The molecule has 3 aromatic rings. The number of β-amino-alcohol motifs (C(OH)–C–C–N with tert-alkyl or cyclic N) is 1. The quantitative estimate of drug-likeness (QED) is 0.516. The monoisotopic (exact) mass is 480 g/mol. The summed E-state index contributed by atoms with van der Waals surface area (Å²) in [4.78, 5) is 21.5. The van der Waals surface area contributed by atoms with Crippen molar-refractivity contribution in [3.05, 3.63) is 58.6 Å². The maximum atomic E-state index is 12.6. The number of aliphatic hydroxyl groups is 1. The summed E-state index contributed by atoms with van der Waals surface area (Å²) in [5.74, 6) is 0.827. The minimum Gasteiger partial charge on any atom is -0.491 e. The highest BCUT2D eigenvalue weighted by Gasteiger charge is 2.25. The summed E-state index contributed by atoms with van der Waals surface area (Å²) in [6.07, 6.45) is 1.45. The van der Waals surface area contributed by atoms with Crippen LogP contribution in [0.1, 0.15) is 28.6 Å². The molecule has 1 aromatic heterocycles. The maximum absolute atomic E-state index is 12.6. The van der Waals surface area contributed by atoms with Gasteiger partial charge in [-0.15, -0.1) is 11.3 Å². The van der Waals surface area contributed by atoms with Gasteiger partial charge in [-0.25, -0.2) is 4.98 Å². The molecule has 8 heteroatoms. The van der Waals surface area contributed by atoms with Gasteiger partial charge in [0.1, 0.15) is 18.5 Å². The average Bonchev–Trinajstić information content (AvgIpc) is 3.41. The normalized spacial score (nSPS) is 19.8. The Kier molecular flexibility index (Phi) is 7.10. The number of carbonyl (C=O) groups excluding carboxylic acids is 1. The number of aromatic nitrogens is 1. The number of piperazine rings is 1. The van der Waals surface area contributed by atoms with Gasteiger partial charge >= 0.3 is 0 Å². The Morgan fingerprint density at radius 3 is 2.85 bits per heavy atom. The molecule has 180 valence electrons. The zero-order valence-corrected chi connectivity index (χ0v) is 20.4. The number of hydrogen-bond donors (Lipinski definition) is 2. The van der Waals surface area contributed by atoms with Gasteiger partial charge in [0, 0.05) is 38.8 Å². The van der Waals surface area contributed by atoms with Crippen LogP contribution in [0.3, 0.4) is 0 Å². The van der Waals surface area contributed by atoms with Gasteiger partial charge in [0.15, 0.2) is 0 Å². The number of amides is 1. The number of nitrogens with zero attached hydrogens (tertiary/aromatic N) is 3. The molecule has 2 aliphatic rings. The third kappa shape index (κ3) is 5.58. The molecule has 34 heavy (non-hydrogen) atoms. The number of fused-ring (bicyclic) bond motifs is 2. The van der Waals surface area contributed by atoms with E-state index in [1.54, 1.807) is 11.3 Å². The number of ether oxygens (including phenoxy) is 1. The lowest BCUT2D eigenvalue weighted by Gasteiger charge is -2.35. The molecule has 7 nitrogen and oxygen atoms in total. The van der Waals surface area contributed by atoms with Gasteiger partial charge in [-0.05, 0) is 43.0 Å². The van der Waals surface area contributed by atoms with Crippen LogP contribution in [0.5, 0.6) is 5.75 Å². The Morgan fingerprint density at radius 2 is 2.00 bits per heavy atom. The number of aliphatic hydroxyl groups excluding tert-OH is 1. The summed E-state index contributed by atoms with van der Waals surface area (Å²) < 4.78 is 6.96. The van der Waals surface area contributed by atoms with E-state index in [9.17, 15) is 9.90 Å². The van der Waals surface area contributed by atoms with Crippen molar-refractivity contribution in [2.75, 3.05) is 45.9 Å². The molecule has 1 unspecified atom stereocenters. The number of nitrogens with one attached hydrogen (secondary N) is 1. The van der Waals surface area contributed by atoms with Crippen LogP contribution < -0.4 is 10.1 Å². The molecule has 5 rings (SSSR count). The Labute approximate surface area is 204 Å². The molecule has 0 saturated carbocycles. The topological polar surface area (TPSA) is 77.9 Å². The van der Waals surface area contributed by atoms with Crippen molar-refractivity contribution < 1.29 is 14.6 Å². The maximum Gasteiger partial charge on any atom is 0.234 e. The van der Waals surface area contributed by atoms with E-state index >= 15 is 0 Å². The predicted molar refractivity (Wildman–Crippen MR) is 134 cm³/mol. The first-order chi connectivity index (χ1) is 16.5. The summed E-state index contributed by atoms with van der Waals surface area (Å²) in [5.41, 5.74) is 3.55. The van der Waals surface area contributed by atoms with Crippen LogP contribution in [0.25, 0.3) is 10.2 Å². The fraction of sp³-hybridized carbons (Fsp3) is 0.462. The molecule has 0 radical (unpaired) electrons. The zero-order valence-electron chi connectivity index (χ0n) is 19.6. The molecule has 1 amide bonds. The van der Waals surface area contributed by atoms with Gasteiger partial charge in [0.25, 0.3) is 0 Å². The van der Waals surface area contributed by atoms with Crippen molar-refractivity contribution in [1.29, 1.82) is 0 Å². The number of hydrogen-bond acceptors (Lipinski definition) is 7. The Hall–Kier alpha value is -2.52. The van der Waals surface area contributed by atoms with Crippen LogP contribution in [-0.4, -0.2) is 77.8 Å². The van der Waals surface area contributed by atoms with E-state index in [-0.39, 0.29) is 18.6 Å². The van der Waals surface area contributed by atoms with E-state index in [0.717, 1.165) is 60.0 Å². The van der Waals surface area contributed by atoms with E-state index in [2.05, 4.69) is 38.3 Å². The lowest BCUT2D eigenvalue weighted by Crippen LogP contribution is -2.51. The van der Waals surface area contributed by atoms with Crippen LogP contribution in [0.2, 0.25) is 0 Å². The molecule has 0 bridgehead atoms. The van der Waals surface area contributed by atoms with E-state index < -0.39 is 6.10 Å².